The van der Waals surface area contributed by atoms with E-state index >= 15 is 0 Å². The molecule has 2 aromatic carbocycles. The van der Waals surface area contributed by atoms with Crippen molar-refractivity contribution in [3.8, 4) is 0 Å². The van der Waals surface area contributed by atoms with E-state index in [4.69, 9.17) is 0 Å². The van der Waals surface area contributed by atoms with Gasteiger partial charge in [-0.3, -0.25) is 10.1 Å². The summed E-state index contributed by atoms with van der Waals surface area (Å²) in [6.45, 7) is 3.96. The number of benzene rings is 2. The Bertz CT molecular complexity index is 644. The Morgan fingerprint density at radius 2 is 2.00 bits per heavy atom. The van der Waals surface area contributed by atoms with Crippen LogP contribution in [0.5, 0.6) is 0 Å². The number of hydrogen-bond donors (Lipinski definition) is 1. The van der Waals surface area contributed by atoms with Gasteiger partial charge in [-0.2, -0.15) is 0 Å². The summed E-state index contributed by atoms with van der Waals surface area (Å²) in [5.74, 6) is 0. The summed E-state index contributed by atoms with van der Waals surface area (Å²) >= 11 is 3.44. The van der Waals surface area contributed by atoms with E-state index in [1.165, 1.54) is 6.07 Å². The molecule has 2 rings (SSSR count). The van der Waals surface area contributed by atoms with E-state index in [0.29, 0.717) is 0 Å². The largest absolute Gasteiger partial charge is 0.378 e. The Morgan fingerprint density at radius 3 is 2.65 bits per heavy atom. The quantitative estimate of drug-likeness (QED) is 0.642. The lowest BCUT2D eigenvalue weighted by atomic mass is 10.1. The van der Waals surface area contributed by atoms with Gasteiger partial charge in [-0.05, 0) is 37.1 Å². The fourth-order valence-electron chi connectivity index (χ4n) is 1.97. The number of nitrogens with zero attached hydrogens (tertiary/aromatic N) is 1. The first kappa shape index (κ1) is 14.5. The van der Waals surface area contributed by atoms with E-state index in [0.717, 1.165) is 21.3 Å². The third kappa shape index (κ3) is 3.36. The molecule has 5 heteroatoms. The SMILES string of the molecule is Cc1ccc([N+](=O)[O-])cc1NC(C)c1cccc(Br)c1. The molecule has 0 fully saturated rings. The van der Waals surface area contributed by atoms with Crippen molar-refractivity contribution in [2.24, 2.45) is 0 Å². The van der Waals surface area contributed by atoms with Crippen molar-refractivity contribution in [2.75, 3.05) is 5.32 Å². The maximum absolute atomic E-state index is 10.8. The van der Waals surface area contributed by atoms with Crippen LogP contribution in [0.1, 0.15) is 24.1 Å². The zero-order valence-electron chi connectivity index (χ0n) is 11.3. The van der Waals surface area contributed by atoms with Crippen LogP contribution in [0.3, 0.4) is 0 Å². The molecule has 0 aromatic heterocycles. The number of nitro groups is 1. The molecular weight excluding hydrogens is 320 g/mol. The third-order valence-corrected chi connectivity index (χ3v) is 3.65. The Labute approximate surface area is 126 Å². The summed E-state index contributed by atoms with van der Waals surface area (Å²) in [6.07, 6.45) is 0. The van der Waals surface area contributed by atoms with E-state index in [-0.39, 0.29) is 16.7 Å². The van der Waals surface area contributed by atoms with Gasteiger partial charge >= 0.3 is 0 Å². The summed E-state index contributed by atoms with van der Waals surface area (Å²) in [5.41, 5.74) is 2.98. The standard InChI is InChI=1S/C15H15BrN2O2/c1-10-6-7-14(18(19)20)9-15(10)17-11(2)12-4-3-5-13(16)8-12/h3-9,11,17H,1-2H3. The lowest BCUT2D eigenvalue weighted by molar-refractivity contribution is -0.384. The molecule has 0 aliphatic heterocycles. The van der Waals surface area contributed by atoms with E-state index in [1.54, 1.807) is 12.1 Å². The van der Waals surface area contributed by atoms with Crippen LogP contribution in [0.15, 0.2) is 46.9 Å². The second kappa shape index (κ2) is 6.05. The molecule has 1 N–H and O–H groups in total. The number of anilines is 1. The Hall–Kier alpha value is -1.88. The second-order valence-electron chi connectivity index (χ2n) is 4.68. The molecule has 0 saturated carbocycles. The third-order valence-electron chi connectivity index (χ3n) is 3.15. The molecule has 0 spiro atoms. The zero-order chi connectivity index (χ0) is 14.7. The van der Waals surface area contributed by atoms with Crippen LogP contribution in [0, 0.1) is 17.0 Å². The van der Waals surface area contributed by atoms with Gasteiger partial charge in [0.25, 0.3) is 5.69 Å². The highest BCUT2D eigenvalue weighted by atomic mass is 79.9. The average molecular weight is 335 g/mol. The van der Waals surface area contributed by atoms with E-state index in [2.05, 4.69) is 21.2 Å². The first-order valence-electron chi connectivity index (χ1n) is 6.24. The number of non-ortho nitro benzene ring substituents is 1. The molecule has 4 nitrogen and oxygen atoms in total. The monoisotopic (exact) mass is 334 g/mol. The Kier molecular flexibility index (Phi) is 4.39. The molecular formula is C15H15BrN2O2. The van der Waals surface area contributed by atoms with Gasteiger partial charge in [0.15, 0.2) is 0 Å². The van der Waals surface area contributed by atoms with E-state index in [9.17, 15) is 10.1 Å². The van der Waals surface area contributed by atoms with Crippen LogP contribution in [0.2, 0.25) is 0 Å². The maximum Gasteiger partial charge on any atom is 0.271 e. The van der Waals surface area contributed by atoms with Crippen molar-refractivity contribution >= 4 is 27.3 Å². The summed E-state index contributed by atoms with van der Waals surface area (Å²) in [7, 11) is 0. The predicted octanol–water partition coefficient (Wildman–Crippen LogP) is 4.84. The fourth-order valence-corrected chi connectivity index (χ4v) is 2.39. The van der Waals surface area contributed by atoms with Gasteiger partial charge in [-0.15, -0.1) is 0 Å². The van der Waals surface area contributed by atoms with Gasteiger partial charge in [0.05, 0.1) is 4.92 Å². The number of rotatable bonds is 4. The van der Waals surface area contributed by atoms with Crippen LogP contribution in [-0.4, -0.2) is 4.92 Å². The molecule has 104 valence electrons. The molecule has 0 saturated heterocycles. The van der Waals surface area contributed by atoms with E-state index < -0.39 is 0 Å². The number of nitrogens with one attached hydrogen (secondary N) is 1. The number of halogens is 1. The molecule has 0 aliphatic rings. The smallest absolute Gasteiger partial charge is 0.271 e. The van der Waals surface area contributed by atoms with Gasteiger partial charge in [-0.25, -0.2) is 0 Å². The molecule has 1 atom stereocenters. The molecule has 0 bridgehead atoms. The summed E-state index contributed by atoms with van der Waals surface area (Å²) < 4.78 is 1.01. The van der Waals surface area contributed by atoms with Crippen molar-refractivity contribution in [2.45, 2.75) is 19.9 Å². The van der Waals surface area contributed by atoms with Crippen LogP contribution in [0.25, 0.3) is 0 Å². The molecule has 2 aromatic rings. The average Bonchev–Trinajstić information content (AvgIpc) is 2.41. The molecule has 0 radical (unpaired) electrons. The van der Waals surface area contributed by atoms with Crippen LogP contribution >= 0.6 is 15.9 Å². The second-order valence-corrected chi connectivity index (χ2v) is 5.59. The lowest BCUT2D eigenvalue weighted by Crippen LogP contribution is -2.08. The van der Waals surface area contributed by atoms with Crippen molar-refractivity contribution in [1.82, 2.24) is 0 Å². The predicted molar refractivity (Wildman–Crippen MR) is 84.0 cm³/mol. The molecule has 1 unspecified atom stereocenters. The minimum atomic E-state index is -0.381. The number of hydrogen-bond acceptors (Lipinski definition) is 3. The highest BCUT2D eigenvalue weighted by molar-refractivity contribution is 9.10. The zero-order valence-corrected chi connectivity index (χ0v) is 12.8. The van der Waals surface area contributed by atoms with Gasteiger partial charge in [0.2, 0.25) is 0 Å². The molecule has 0 amide bonds. The highest BCUT2D eigenvalue weighted by Gasteiger charge is 2.11. The van der Waals surface area contributed by atoms with E-state index in [1.807, 2.05) is 38.1 Å². The first-order chi connectivity index (χ1) is 9.47. The van der Waals surface area contributed by atoms with Crippen LogP contribution in [0.4, 0.5) is 11.4 Å². The van der Waals surface area contributed by atoms with Crippen molar-refractivity contribution in [1.29, 1.82) is 0 Å². The van der Waals surface area contributed by atoms with Crippen molar-refractivity contribution in [3.63, 3.8) is 0 Å². The van der Waals surface area contributed by atoms with Gasteiger partial charge < -0.3 is 5.32 Å². The summed E-state index contributed by atoms with van der Waals surface area (Å²) in [5, 5.41) is 14.2. The minimum absolute atomic E-state index is 0.0632. The summed E-state index contributed by atoms with van der Waals surface area (Å²) in [4.78, 5) is 10.5. The highest BCUT2D eigenvalue weighted by Crippen LogP contribution is 2.27. The van der Waals surface area contributed by atoms with Crippen LogP contribution < -0.4 is 5.32 Å². The van der Waals surface area contributed by atoms with Crippen molar-refractivity contribution < 1.29 is 4.92 Å². The normalized spacial score (nSPS) is 11.9. The summed E-state index contributed by atoms with van der Waals surface area (Å²) in [6, 6.07) is 12.9. The van der Waals surface area contributed by atoms with Crippen LogP contribution in [-0.2, 0) is 0 Å². The molecule has 0 aliphatic carbocycles. The van der Waals surface area contributed by atoms with Gasteiger partial charge in [-0.1, -0.05) is 34.1 Å². The van der Waals surface area contributed by atoms with Crippen molar-refractivity contribution in [3.05, 3.63) is 68.2 Å². The van der Waals surface area contributed by atoms with Gasteiger partial charge in [0.1, 0.15) is 0 Å². The number of nitro benzene ring substituents is 1. The minimum Gasteiger partial charge on any atom is -0.378 e. The Morgan fingerprint density at radius 1 is 1.25 bits per heavy atom. The topological polar surface area (TPSA) is 55.2 Å². The molecule has 20 heavy (non-hydrogen) atoms. The lowest BCUT2D eigenvalue weighted by Gasteiger charge is -2.17. The molecule has 0 heterocycles. The Balaban J connectivity index is 2.25. The maximum atomic E-state index is 10.8. The number of aryl methyl sites for hydroxylation is 1. The fraction of sp³-hybridized carbons (Fsp3) is 0.200. The van der Waals surface area contributed by atoms with Gasteiger partial charge in [0, 0.05) is 28.3 Å². The first-order valence-corrected chi connectivity index (χ1v) is 7.03.